The van der Waals surface area contributed by atoms with Gasteiger partial charge in [-0.2, -0.15) is 0 Å². The smallest absolute Gasteiger partial charge is 0.331 e. The summed E-state index contributed by atoms with van der Waals surface area (Å²) in [5.41, 5.74) is 2.46. The van der Waals surface area contributed by atoms with E-state index < -0.39 is 18.5 Å². The highest BCUT2D eigenvalue weighted by molar-refractivity contribution is 6.35. The minimum Gasteiger partial charge on any atom is -0.452 e. The van der Waals surface area contributed by atoms with Crippen molar-refractivity contribution in [3.05, 3.63) is 69.7 Å². The molecule has 0 unspecified atom stereocenters. The quantitative estimate of drug-likeness (QED) is 0.535. The molecule has 0 saturated heterocycles. The van der Waals surface area contributed by atoms with Crippen molar-refractivity contribution in [3.8, 4) is 0 Å². The van der Waals surface area contributed by atoms with E-state index in [0.29, 0.717) is 21.7 Å². The van der Waals surface area contributed by atoms with Gasteiger partial charge in [0.2, 0.25) is 0 Å². The topological polar surface area (TPSA) is 55.4 Å². The van der Waals surface area contributed by atoms with Gasteiger partial charge in [0.05, 0.1) is 10.7 Å². The molecule has 0 aliphatic heterocycles. The van der Waals surface area contributed by atoms with Gasteiger partial charge in [-0.05, 0) is 41.3 Å². The summed E-state index contributed by atoms with van der Waals surface area (Å²) in [5, 5.41) is 3.32. The van der Waals surface area contributed by atoms with E-state index in [0.717, 1.165) is 5.56 Å². The van der Waals surface area contributed by atoms with E-state index in [1.54, 1.807) is 18.2 Å². The molecule has 0 aliphatic rings. The lowest BCUT2D eigenvalue weighted by atomic mass is 10.0. The standard InChI is InChI=1S/C20H19Cl2NO3/c1-13(2)15-6-3-14(4-7-15)5-10-20(25)26-12-19(24)23-18-11-16(21)8-9-17(18)22/h3-11,13H,12H2,1-2H3,(H,23,24). The second kappa shape index (κ2) is 9.41. The maximum Gasteiger partial charge on any atom is 0.331 e. The monoisotopic (exact) mass is 391 g/mol. The Labute approximate surface area is 162 Å². The normalized spacial score (nSPS) is 11.0. The minimum atomic E-state index is -0.606. The highest BCUT2D eigenvalue weighted by Crippen LogP contribution is 2.25. The number of carbonyl (C=O) groups is 2. The third-order valence-corrected chi connectivity index (χ3v) is 4.13. The number of rotatable bonds is 6. The zero-order valence-electron chi connectivity index (χ0n) is 14.5. The molecule has 0 saturated carbocycles. The van der Waals surface area contributed by atoms with Crippen molar-refractivity contribution in [1.29, 1.82) is 0 Å². The first kappa shape index (κ1) is 20.0. The van der Waals surface area contributed by atoms with Gasteiger partial charge in [-0.15, -0.1) is 0 Å². The van der Waals surface area contributed by atoms with Crippen LogP contribution < -0.4 is 5.32 Å². The zero-order valence-corrected chi connectivity index (χ0v) is 16.0. The van der Waals surface area contributed by atoms with Crippen LogP contribution in [0, 0.1) is 0 Å². The van der Waals surface area contributed by atoms with Crippen LogP contribution in [0.15, 0.2) is 48.5 Å². The number of carbonyl (C=O) groups excluding carboxylic acids is 2. The average Bonchev–Trinajstić information content (AvgIpc) is 2.61. The summed E-state index contributed by atoms with van der Waals surface area (Å²) in [7, 11) is 0. The molecule has 26 heavy (non-hydrogen) atoms. The van der Waals surface area contributed by atoms with Gasteiger partial charge in [0.1, 0.15) is 0 Å². The molecule has 0 aromatic heterocycles. The van der Waals surface area contributed by atoms with Crippen LogP contribution in [0.4, 0.5) is 5.69 Å². The predicted octanol–water partition coefficient (Wildman–Crippen LogP) is 5.31. The number of esters is 1. The van der Waals surface area contributed by atoms with Gasteiger partial charge in [0, 0.05) is 11.1 Å². The number of anilines is 1. The number of hydrogen-bond donors (Lipinski definition) is 1. The number of ether oxygens (including phenoxy) is 1. The first-order valence-corrected chi connectivity index (χ1v) is 8.80. The molecule has 136 valence electrons. The summed E-state index contributed by atoms with van der Waals surface area (Å²) >= 11 is 11.8. The predicted molar refractivity (Wildman–Crippen MR) is 106 cm³/mol. The third kappa shape index (κ3) is 6.21. The highest BCUT2D eigenvalue weighted by Gasteiger charge is 2.09. The Balaban J connectivity index is 1.84. The first-order valence-electron chi connectivity index (χ1n) is 8.05. The Hall–Kier alpha value is -2.30. The lowest BCUT2D eigenvalue weighted by molar-refractivity contribution is -0.142. The molecule has 2 rings (SSSR count). The van der Waals surface area contributed by atoms with Gasteiger partial charge in [-0.25, -0.2) is 4.79 Å². The van der Waals surface area contributed by atoms with E-state index in [4.69, 9.17) is 27.9 Å². The van der Waals surface area contributed by atoms with Crippen molar-refractivity contribution < 1.29 is 14.3 Å². The van der Waals surface area contributed by atoms with Gasteiger partial charge < -0.3 is 10.1 Å². The van der Waals surface area contributed by atoms with Crippen molar-refractivity contribution in [2.75, 3.05) is 11.9 Å². The molecule has 2 aromatic rings. The lowest BCUT2D eigenvalue weighted by Gasteiger charge is -2.07. The van der Waals surface area contributed by atoms with E-state index in [2.05, 4.69) is 19.2 Å². The molecule has 4 nitrogen and oxygen atoms in total. The largest absolute Gasteiger partial charge is 0.452 e. The second-order valence-corrected chi connectivity index (χ2v) is 6.78. The van der Waals surface area contributed by atoms with Crippen molar-refractivity contribution in [2.45, 2.75) is 19.8 Å². The maximum absolute atomic E-state index is 11.8. The van der Waals surface area contributed by atoms with Gasteiger partial charge >= 0.3 is 5.97 Å². The van der Waals surface area contributed by atoms with Crippen LogP contribution in [0.3, 0.4) is 0 Å². The molecule has 1 amide bonds. The van der Waals surface area contributed by atoms with Crippen molar-refractivity contribution >= 4 is 46.8 Å². The number of halogens is 2. The highest BCUT2D eigenvalue weighted by atomic mass is 35.5. The Kier molecular flexibility index (Phi) is 7.25. The molecule has 0 heterocycles. The fourth-order valence-corrected chi connectivity index (χ4v) is 2.46. The minimum absolute atomic E-state index is 0.346. The van der Waals surface area contributed by atoms with E-state index in [-0.39, 0.29) is 0 Å². The molecular weight excluding hydrogens is 373 g/mol. The van der Waals surface area contributed by atoms with Gasteiger partial charge in [0.25, 0.3) is 5.91 Å². The molecule has 0 radical (unpaired) electrons. The number of amides is 1. The van der Waals surface area contributed by atoms with Crippen molar-refractivity contribution in [1.82, 2.24) is 0 Å². The van der Waals surface area contributed by atoms with Crippen molar-refractivity contribution in [2.24, 2.45) is 0 Å². The number of nitrogens with one attached hydrogen (secondary N) is 1. The van der Waals surface area contributed by atoms with E-state index in [1.807, 2.05) is 24.3 Å². The summed E-state index contributed by atoms with van der Waals surface area (Å²) in [6.45, 7) is 3.81. The average molecular weight is 392 g/mol. The van der Waals surface area contributed by atoms with Gasteiger partial charge in [0.15, 0.2) is 6.61 Å². The van der Waals surface area contributed by atoms with Crippen LogP contribution in [0.5, 0.6) is 0 Å². The lowest BCUT2D eigenvalue weighted by Crippen LogP contribution is -2.20. The Morgan fingerprint density at radius 1 is 1.12 bits per heavy atom. The van der Waals surface area contributed by atoms with Crippen LogP contribution in [0.1, 0.15) is 30.9 Å². The van der Waals surface area contributed by atoms with Gasteiger partial charge in [-0.3, -0.25) is 4.79 Å². The fraction of sp³-hybridized carbons (Fsp3) is 0.200. The second-order valence-electron chi connectivity index (χ2n) is 5.93. The first-order chi connectivity index (χ1) is 12.3. The zero-order chi connectivity index (χ0) is 19.1. The summed E-state index contributed by atoms with van der Waals surface area (Å²) in [6.07, 6.45) is 2.92. The van der Waals surface area contributed by atoms with Crippen molar-refractivity contribution in [3.63, 3.8) is 0 Å². The molecule has 0 spiro atoms. The van der Waals surface area contributed by atoms with E-state index in [1.165, 1.54) is 17.7 Å². The molecular formula is C20H19Cl2NO3. The summed E-state index contributed by atoms with van der Waals surface area (Å²) < 4.78 is 4.92. The number of hydrogen-bond acceptors (Lipinski definition) is 3. The van der Waals surface area contributed by atoms with Crippen LogP contribution in [-0.2, 0) is 14.3 Å². The Bertz CT molecular complexity index is 814. The van der Waals surface area contributed by atoms with E-state index in [9.17, 15) is 9.59 Å². The SMILES string of the molecule is CC(C)c1ccc(C=CC(=O)OCC(=O)Nc2cc(Cl)ccc2Cl)cc1. The molecule has 6 heteroatoms. The maximum atomic E-state index is 11.8. The Morgan fingerprint density at radius 3 is 2.46 bits per heavy atom. The molecule has 2 aromatic carbocycles. The fourth-order valence-electron chi connectivity index (χ4n) is 2.12. The molecule has 0 fully saturated rings. The molecule has 0 aliphatic carbocycles. The molecule has 1 N–H and O–H groups in total. The van der Waals surface area contributed by atoms with Crippen LogP contribution >= 0.6 is 23.2 Å². The van der Waals surface area contributed by atoms with Crippen LogP contribution in [0.25, 0.3) is 6.08 Å². The summed E-state index contributed by atoms with van der Waals surface area (Å²) in [6, 6.07) is 12.6. The van der Waals surface area contributed by atoms with Crippen LogP contribution in [0.2, 0.25) is 10.0 Å². The summed E-state index contributed by atoms with van der Waals surface area (Å²) in [4.78, 5) is 23.6. The van der Waals surface area contributed by atoms with E-state index >= 15 is 0 Å². The number of benzene rings is 2. The Morgan fingerprint density at radius 2 is 1.81 bits per heavy atom. The molecule has 0 bridgehead atoms. The third-order valence-electron chi connectivity index (χ3n) is 3.56. The van der Waals surface area contributed by atoms with Crippen LogP contribution in [-0.4, -0.2) is 18.5 Å². The van der Waals surface area contributed by atoms with Gasteiger partial charge in [-0.1, -0.05) is 61.3 Å². The summed E-state index contributed by atoms with van der Waals surface area (Å²) in [5.74, 6) is -0.660. The molecule has 0 atom stereocenters.